The third-order valence-corrected chi connectivity index (χ3v) is 8.35. The molecule has 2 aliphatic carbocycles. The first-order chi connectivity index (χ1) is 18.8. The normalized spacial score (nSPS) is 17.8. The number of allylic oxidation sites excluding steroid dienone is 4. The van der Waals surface area contributed by atoms with Crippen LogP contribution in [0.25, 0.3) is 0 Å². The predicted octanol–water partition coefficient (Wildman–Crippen LogP) is 5.91. The number of hydrogen-bond acceptors (Lipinski definition) is 6. The molecule has 1 aliphatic heterocycles. The van der Waals surface area contributed by atoms with Crippen LogP contribution in [0.15, 0.2) is 58.9 Å². The monoisotopic (exact) mass is 645 g/mol. The Balaban J connectivity index is 1.60. The molecular formula is C30H29FINO6. The molecule has 7 nitrogen and oxygen atoms in total. The van der Waals surface area contributed by atoms with Gasteiger partial charge in [0.1, 0.15) is 12.4 Å². The molecule has 0 bridgehead atoms. The van der Waals surface area contributed by atoms with Gasteiger partial charge in [-0.25, -0.2) is 4.39 Å². The zero-order valence-corrected chi connectivity index (χ0v) is 23.8. The van der Waals surface area contributed by atoms with Gasteiger partial charge in [0.05, 0.1) is 17.1 Å². The number of halogens is 2. The molecule has 0 unspecified atom stereocenters. The Kier molecular flexibility index (Phi) is 8.06. The molecule has 9 heteroatoms. The molecule has 2 aromatic rings. The number of rotatable bonds is 8. The van der Waals surface area contributed by atoms with Crippen molar-refractivity contribution in [3.63, 3.8) is 0 Å². The lowest BCUT2D eigenvalue weighted by Crippen LogP contribution is -2.40. The average molecular weight is 645 g/mol. The molecule has 3 aliphatic rings. The number of carbonyl (C=O) groups excluding carboxylic acids is 2. The Bertz CT molecular complexity index is 1370. The van der Waals surface area contributed by atoms with Crippen LogP contribution in [-0.4, -0.2) is 41.2 Å². The van der Waals surface area contributed by atoms with Crippen molar-refractivity contribution in [3.05, 3.63) is 79.5 Å². The molecule has 0 aromatic heterocycles. The summed E-state index contributed by atoms with van der Waals surface area (Å²) in [6, 6.07) is 10.1. The quantitative estimate of drug-likeness (QED) is 0.357. The van der Waals surface area contributed by atoms with E-state index >= 15 is 0 Å². The highest BCUT2D eigenvalue weighted by Gasteiger charge is 2.43. The van der Waals surface area contributed by atoms with E-state index < -0.39 is 11.9 Å². The minimum absolute atomic E-state index is 0.0136. The van der Waals surface area contributed by atoms with Crippen LogP contribution in [0.3, 0.4) is 0 Å². The van der Waals surface area contributed by atoms with Crippen LogP contribution in [0.4, 0.5) is 4.39 Å². The summed E-state index contributed by atoms with van der Waals surface area (Å²) in [6.07, 6.45) is 3.37. The number of nitrogens with zero attached hydrogens (tertiary/aromatic N) is 1. The van der Waals surface area contributed by atoms with E-state index in [1.165, 1.54) is 13.2 Å². The van der Waals surface area contributed by atoms with Crippen molar-refractivity contribution in [2.75, 3.05) is 13.7 Å². The van der Waals surface area contributed by atoms with Crippen molar-refractivity contribution in [1.82, 2.24) is 4.90 Å². The molecule has 1 heterocycles. The molecule has 0 saturated heterocycles. The predicted molar refractivity (Wildman–Crippen MR) is 150 cm³/mol. The van der Waals surface area contributed by atoms with Crippen molar-refractivity contribution >= 4 is 40.1 Å². The third kappa shape index (κ3) is 5.33. The number of hydrogen-bond donors (Lipinski definition) is 1. The highest BCUT2D eigenvalue weighted by atomic mass is 127. The van der Waals surface area contributed by atoms with Crippen LogP contribution in [0.1, 0.15) is 62.0 Å². The molecular weight excluding hydrogens is 616 g/mol. The van der Waals surface area contributed by atoms with E-state index in [1.54, 1.807) is 24.3 Å². The number of ketones is 2. The summed E-state index contributed by atoms with van der Waals surface area (Å²) in [7, 11) is 1.52. The first kappa shape index (κ1) is 27.4. The lowest BCUT2D eigenvalue weighted by molar-refractivity contribution is -0.137. The fourth-order valence-corrected chi connectivity index (χ4v) is 6.62. The SMILES string of the molecule is COc1cc(C2C3=C(CCCC3=O)N(CCC(=O)O)C3=C2C(=O)CCC3)cc(I)c1OCc1ccccc1F. The van der Waals surface area contributed by atoms with E-state index in [2.05, 4.69) is 22.6 Å². The van der Waals surface area contributed by atoms with Gasteiger partial charge < -0.3 is 19.5 Å². The second-order valence-corrected chi connectivity index (χ2v) is 11.1. The van der Waals surface area contributed by atoms with Crippen LogP contribution in [-0.2, 0) is 21.0 Å². The fraction of sp³-hybridized carbons (Fsp3) is 0.367. The molecule has 0 saturated carbocycles. The van der Waals surface area contributed by atoms with E-state index in [9.17, 15) is 23.9 Å². The molecule has 5 rings (SSSR count). The van der Waals surface area contributed by atoms with Crippen LogP contribution >= 0.6 is 22.6 Å². The maximum atomic E-state index is 14.2. The maximum absolute atomic E-state index is 14.2. The van der Waals surface area contributed by atoms with Crippen molar-refractivity contribution in [3.8, 4) is 11.5 Å². The van der Waals surface area contributed by atoms with Gasteiger partial charge in [-0.15, -0.1) is 0 Å². The second-order valence-electron chi connectivity index (χ2n) is 9.92. The Morgan fingerprint density at radius 1 is 1.05 bits per heavy atom. The summed E-state index contributed by atoms with van der Waals surface area (Å²) in [5.74, 6) is -0.977. The Hall–Kier alpha value is -3.21. The van der Waals surface area contributed by atoms with Crippen LogP contribution < -0.4 is 9.47 Å². The number of benzene rings is 2. The highest BCUT2D eigenvalue weighted by Crippen LogP contribution is 2.50. The summed E-state index contributed by atoms with van der Waals surface area (Å²) in [4.78, 5) is 40.3. The molecule has 0 spiro atoms. The molecule has 0 amide bonds. The van der Waals surface area contributed by atoms with E-state index in [-0.39, 0.29) is 37.0 Å². The van der Waals surface area contributed by atoms with Gasteiger partial charge in [0, 0.05) is 53.4 Å². The fourth-order valence-electron chi connectivity index (χ4n) is 5.84. The first-order valence-electron chi connectivity index (χ1n) is 13.1. The van der Waals surface area contributed by atoms with Crippen molar-refractivity contribution in [2.24, 2.45) is 0 Å². The van der Waals surface area contributed by atoms with Gasteiger partial charge in [0.2, 0.25) is 0 Å². The molecule has 204 valence electrons. The lowest BCUT2D eigenvalue weighted by atomic mass is 9.71. The van der Waals surface area contributed by atoms with Crippen molar-refractivity contribution in [1.29, 1.82) is 0 Å². The first-order valence-corrected chi connectivity index (χ1v) is 14.1. The maximum Gasteiger partial charge on any atom is 0.305 e. The summed E-state index contributed by atoms with van der Waals surface area (Å²) >= 11 is 2.14. The van der Waals surface area contributed by atoms with Gasteiger partial charge in [-0.2, -0.15) is 0 Å². The molecule has 0 radical (unpaired) electrons. The van der Waals surface area contributed by atoms with Crippen molar-refractivity contribution < 1.29 is 33.4 Å². The van der Waals surface area contributed by atoms with Gasteiger partial charge >= 0.3 is 5.97 Å². The minimum atomic E-state index is -0.920. The zero-order chi connectivity index (χ0) is 27.7. The summed E-state index contributed by atoms with van der Waals surface area (Å²) in [5, 5.41) is 9.38. The largest absolute Gasteiger partial charge is 0.493 e. The Morgan fingerprint density at radius 2 is 1.69 bits per heavy atom. The smallest absolute Gasteiger partial charge is 0.305 e. The molecule has 0 fully saturated rings. The minimum Gasteiger partial charge on any atom is -0.493 e. The van der Waals surface area contributed by atoms with E-state index in [0.29, 0.717) is 70.3 Å². The molecule has 2 aromatic carbocycles. The topological polar surface area (TPSA) is 93.1 Å². The van der Waals surface area contributed by atoms with E-state index in [0.717, 1.165) is 17.0 Å². The number of carboxylic acid groups (broad SMARTS) is 1. The van der Waals surface area contributed by atoms with Crippen molar-refractivity contribution in [2.45, 2.75) is 57.5 Å². The zero-order valence-electron chi connectivity index (χ0n) is 21.6. The average Bonchev–Trinajstić information content (AvgIpc) is 2.91. The number of aliphatic carboxylic acids is 1. The number of methoxy groups -OCH3 is 1. The number of Topliss-reactive ketones (excluding diaryl/α,β-unsaturated/α-hetero) is 2. The van der Waals surface area contributed by atoms with Gasteiger partial charge in [0.25, 0.3) is 0 Å². The van der Waals surface area contributed by atoms with Crippen LogP contribution in [0.2, 0.25) is 0 Å². The summed E-state index contributed by atoms with van der Waals surface area (Å²) in [6.45, 7) is 0.242. The molecule has 1 N–H and O–H groups in total. The second kappa shape index (κ2) is 11.5. The van der Waals surface area contributed by atoms with Crippen LogP contribution in [0, 0.1) is 9.39 Å². The van der Waals surface area contributed by atoms with Gasteiger partial charge in [0.15, 0.2) is 23.1 Å². The number of carboxylic acids is 1. The third-order valence-electron chi connectivity index (χ3n) is 7.55. The van der Waals surface area contributed by atoms with E-state index in [4.69, 9.17) is 9.47 Å². The van der Waals surface area contributed by atoms with Gasteiger partial charge in [-0.1, -0.05) is 18.2 Å². The standard InChI is InChI=1S/C30H29FINO6/c1-38-25-15-18(14-20(32)30(25)39-16-17-6-2-3-7-19(17)31)27-28-21(8-4-10-23(28)34)33(13-12-26(36)37)22-9-5-11-24(35)29(22)27/h2-3,6-7,14-15,27H,4-5,8-13,16H2,1H3,(H,36,37). The number of carbonyl (C=O) groups is 3. The highest BCUT2D eigenvalue weighted by molar-refractivity contribution is 14.1. The van der Waals surface area contributed by atoms with E-state index in [1.807, 2.05) is 11.0 Å². The van der Waals surface area contributed by atoms with Gasteiger partial charge in [-0.05, 0) is 72.0 Å². The molecule has 39 heavy (non-hydrogen) atoms. The molecule has 0 atom stereocenters. The van der Waals surface area contributed by atoms with Crippen LogP contribution in [0.5, 0.6) is 11.5 Å². The van der Waals surface area contributed by atoms with Gasteiger partial charge in [-0.3, -0.25) is 14.4 Å². The Morgan fingerprint density at radius 3 is 2.28 bits per heavy atom. The lowest BCUT2D eigenvalue weighted by Gasteiger charge is -2.44. The number of ether oxygens (including phenoxy) is 2. The Labute approximate surface area is 239 Å². The summed E-state index contributed by atoms with van der Waals surface area (Å²) < 4.78 is 26.6. The summed E-state index contributed by atoms with van der Waals surface area (Å²) in [5.41, 5.74) is 3.99.